The van der Waals surface area contributed by atoms with E-state index in [1.165, 1.54) is 0 Å². The third-order valence-electron chi connectivity index (χ3n) is 2.89. The van der Waals surface area contributed by atoms with Crippen LogP contribution in [0.3, 0.4) is 0 Å². The second-order valence-electron chi connectivity index (χ2n) is 4.02. The SMILES string of the molecule is COC(C)CC(=O)N1CCc2ncccc21. The second kappa shape index (κ2) is 4.61. The van der Waals surface area contributed by atoms with E-state index in [2.05, 4.69) is 4.98 Å². The summed E-state index contributed by atoms with van der Waals surface area (Å²) >= 11 is 0. The molecule has 1 atom stereocenters. The van der Waals surface area contributed by atoms with Gasteiger partial charge in [-0.25, -0.2) is 0 Å². The first-order valence-electron chi connectivity index (χ1n) is 5.49. The lowest BCUT2D eigenvalue weighted by molar-refractivity contribution is -0.120. The topological polar surface area (TPSA) is 42.4 Å². The molecule has 0 N–H and O–H groups in total. The van der Waals surface area contributed by atoms with Crippen LogP contribution >= 0.6 is 0 Å². The highest BCUT2D eigenvalue weighted by atomic mass is 16.5. The standard InChI is InChI=1S/C12H16N2O2/c1-9(16-2)8-12(15)14-7-5-10-11(14)4-3-6-13-10/h3-4,6,9H,5,7-8H2,1-2H3. The molecule has 4 heteroatoms. The summed E-state index contributed by atoms with van der Waals surface area (Å²) in [5.74, 6) is 0.112. The summed E-state index contributed by atoms with van der Waals surface area (Å²) in [6.45, 7) is 2.64. The molecule has 1 aliphatic heterocycles. The fourth-order valence-corrected chi connectivity index (χ4v) is 1.90. The Bertz CT molecular complexity index is 392. The van der Waals surface area contributed by atoms with Gasteiger partial charge in [0.15, 0.2) is 0 Å². The zero-order valence-electron chi connectivity index (χ0n) is 9.64. The Balaban J connectivity index is 2.10. The number of amides is 1. The van der Waals surface area contributed by atoms with Gasteiger partial charge in [-0.1, -0.05) is 0 Å². The van der Waals surface area contributed by atoms with Crippen LogP contribution in [0.15, 0.2) is 18.3 Å². The van der Waals surface area contributed by atoms with E-state index in [9.17, 15) is 4.79 Å². The van der Waals surface area contributed by atoms with Crippen molar-refractivity contribution in [2.75, 3.05) is 18.6 Å². The predicted octanol–water partition coefficient (Wildman–Crippen LogP) is 1.40. The highest BCUT2D eigenvalue weighted by Crippen LogP contribution is 2.26. The number of ether oxygens (including phenoxy) is 1. The number of anilines is 1. The molecule has 1 aromatic heterocycles. The minimum absolute atomic E-state index is 0.0341. The zero-order chi connectivity index (χ0) is 11.5. The Kier molecular flexibility index (Phi) is 3.19. The van der Waals surface area contributed by atoms with Crippen LogP contribution in [0.25, 0.3) is 0 Å². The van der Waals surface area contributed by atoms with Gasteiger partial charge in [0.25, 0.3) is 0 Å². The molecular formula is C12H16N2O2. The van der Waals surface area contributed by atoms with Crippen molar-refractivity contribution in [3.8, 4) is 0 Å². The summed E-state index contributed by atoms with van der Waals surface area (Å²) in [6.07, 6.45) is 3.01. The number of rotatable bonds is 3. The maximum atomic E-state index is 12.0. The first-order valence-corrected chi connectivity index (χ1v) is 5.49. The van der Waals surface area contributed by atoms with Crippen LogP contribution in [0, 0.1) is 0 Å². The van der Waals surface area contributed by atoms with E-state index in [1.807, 2.05) is 19.1 Å². The number of fused-ring (bicyclic) bond motifs is 1. The monoisotopic (exact) mass is 220 g/mol. The van der Waals surface area contributed by atoms with Crippen molar-refractivity contribution in [3.05, 3.63) is 24.0 Å². The summed E-state index contributed by atoms with van der Waals surface area (Å²) in [5.41, 5.74) is 1.97. The van der Waals surface area contributed by atoms with E-state index in [4.69, 9.17) is 4.74 Å². The number of pyridine rings is 1. The van der Waals surface area contributed by atoms with Gasteiger partial charge in [-0.15, -0.1) is 0 Å². The molecule has 1 amide bonds. The van der Waals surface area contributed by atoms with Gasteiger partial charge in [0, 0.05) is 26.3 Å². The molecule has 0 spiro atoms. The van der Waals surface area contributed by atoms with E-state index in [1.54, 1.807) is 18.2 Å². The number of carbonyl (C=O) groups excluding carboxylic acids is 1. The van der Waals surface area contributed by atoms with Crippen molar-refractivity contribution in [1.29, 1.82) is 0 Å². The molecule has 0 saturated carbocycles. The van der Waals surface area contributed by atoms with Crippen LogP contribution in [0.2, 0.25) is 0 Å². The predicted molar refractivity (Wildman–Crippen MR) is 61.4 cm³/mol. The normalized spacial score (nSPS) is 16.0. The minimum Gasteiger partial charge on any atom is -0.381 e. The molecule has 0 aromatic carbocycles. The molecule has 0 radical (unpaired) electrons. The Labute approximate surface area is 95.2 Å². The smallest absolute Gasteiger partial charge is 0.229 e. The van der Waals surface area contributed by atoms with E-state index >= 15 is 0 Å². The lowest BCUT2D eigenvalue weighted by Crippen LogP contribution is -2.31. The van der Waals surface area contributed by atoms with Crippen molar-refractivity contribution in [2.45, 2.75) is 25.9 Å². The Hall–Kier alpha value is -1.42. The molecule has 0 fully saturated rings. The molecule has 4 nitrogen and oxygen atoms in total. The Morgan fingerprint density at radius 1 is 1.69 bits per heavy atom. The molecule has 1 aliphatic rings. The van der Waals surface area contributed by atoms with Gasteiger partial charge in [-0.3, -0.25) is 9.78 Å². The largest absolute Gasteiger partial charge is 0.381 e. The van der Waals surface area contributed by atoms with Crippen LogP contribution in [-0.2, 0) is 16.0 Å². The number of nitrogens with zero attached hydrogens (tertiary/aromatic N) is 2. The molecule has 0 bridgehead atoms. The number of aromatic nitrogens is 1. The quantitative estimate of drug-likeness (QED) is 0.773. The second-order valence-corrected chi connectivity index (χ2v) is 4.02. The maximum absolute atomic E-state index is 12.0. The lowest BCUT2D eigenvalue weighted by atomic mass is 10.2. The average Bonchev–Trinajstić information content (AvgIpc) is 2.72. The van der Waals surface area contributed by atoms with E-state index in [0.29, 0.717) is 6.42 Å². The van der Waals surface area contributed by atoms with Gasteiger partial charge in [0.1, 0.15) is 0 Å². The molecule has 1 aromatic rings. The molecule has 0 aliphatic carbocycles. The van der Waals surface area contributed by atoms with Crippen LogP contribution in [0.5, 0.6) is 0 Å². The summed E-state index contributed by atoms with van der Waals surface area (Å²) in [5, 5.41) is 0. The molecule has 86 valence electrons. The molecule has 2 heterocycles. The molecule has 2 rings (SSSR count). The molecule has 16 heavy (non-hydrogen) atoms. The van der Waals surface area contributed by atoms with Crippen molar-refractivity contribution >= 4 is 11.6 Å². The number of carbonyl (C=O) groups is 1. The van der Waals surface area contributed by atoms with Crippen molar-refractivity contribution < 1.29 is 9.53 Å². The number of hydrogen-bond donors (Lipinski definition) is 0. The highest BCUT2D eigenvalue weighted by molar-refractivity contribution is 5.95. The van der Waals surface area contributed by atoms with Gasteiger partial charge in [-0.2, -0.15) is 0 Å². The van der Waals surface area contributed by atoms with Crippen LogP contribution < -0.4 is 4.90 Å². The Morgan fingerprint density at radius 3 is 3.25 bits per heavy atom. The fraction of sp³-hybridized carbons (Fsp3) is 0.500. The van der Waals surface area contributed by atoms with Crippen LogP contribution in [0.1, 0.15) is 19.0 Å². The van der Waals surface area contributed by atoms with Gasteiger partial charge in [0.05, 0.1) is 23.9 Å². The van der Waals surface area contributed by atoms with Gasteiger partial charge in [-0.05, 0) is 19.1 Å². The lowest BCUT2D eigenvalue weighted by Gasteiger charge is -2.18. The van der Waals surface area contributed by atoms with E-state index in [-0.39, 0.29) is 12.0 Å². The average molecular weight is 220 g/mol. The summed E-state index contributed by atoms with van der Waals surface area (Å²) < 4.78 is 5.11. The molecule has 1 unspecified atom stereocenters. The summed E-state index contributed by atoms with van der Waals surface area (Å²) in [6, 6.07) is 3.81. The van der Waals surface area contributed by atoms with Crippen LogP contribution in [-0.4, -0.2) is 30.6 Å². The maximum Gasteiger partial charge on any atom is 0.229 e. The molecular weight excluding hydrogens is 204 g/mol. The van der Waals surface area contributed by atoms with E-state index in [0.717, 1.165) is 24.3 Å². The third kappa shape index (κ3) is 2.07. The third-order valence-corrected chi connectivity index (χ3v) is 2.89. The molecule has 0 saturated heterocycles. The number of methoxy groups -OCH3 is 1. The van der Waals surface area contributed by atoms with Gasteiger partial charge in [0.2, 0.25) is 5.91 Å². The van der Waals surface area contributed by atoms with E-state index < -0.39 is 0 Å². The van der Waals surface area contributed by atoms with Gasteiger partial charge >= 0.3 is 0 Å². The first-order chi connectivity index (χ1) is 7.72. The first kappa shape index (κ1) is 11.1. The zero-order valence-corrected chi connectivity index (χ0v) is 9.64. The highest BCUT2D eigenvalue weighted by Gasteiger charge is 2.25. The summed E-state index contributed by atoms with van der Waals surface area (Å²) in [4.78, 5) is 18.1. The van der Waals surface area contributed by atoms with Crippen molar-refractivity contribution in [3.63, 3.8) is 0 Å². The number of hydrogen-bond acceptors (Lipinski definition) is 3. The summed E-state index contributed by atoms with van der Waals surface area (Å²) in [7, 11) is 1.62. The van der Waals surface area contributed by atoms with Gasteiger partial charge < -0.3 is 9.64 Å². The Morgan fingerprint density at radius 2 is 2.50 bits per heavy atom. The fourth-order valence-electron chi connectivity index (χ4n) is 1.90. The van der Waals surface area contributed by atoms with Crippen LogP contribution in [0.4, 0.5) is 5.69 Å². The van der Waals surface area contributed by atoms with Crippen molar-refractivity contribution in [1.82, 2.24) is 4.98 Å². The van der Waals surface area contributed by atoms with Crippen molar-refractivity contribution in [2.24, 2.45) is 0 Å². The minimum atomic E-state index is -0.0341.